The van der Waals surface area contributed by atoms with Crippen molar-refractivity contribution in [2.75, 3.05) is 0 Å². The summed E-state index contributed by atoms with van der Waals surface area (Å²) in [5.74, 6) is 0. The number of hydrogen-bond donors (Lipinski definition) is 2. The van der Waals surface area contributed by atoms with E-state index in [9.17, 15) is 15.0 Å². The maximum absolute atomic E-state index is 11.9. The van der Waals surface area contributed by atoms with Crippen molar-refractivity contribution in [3.63, 3.8) is 0 Å². The van der Waals surface area contributed by atoms with Crippen molar-refractivity contribution in [1.29, 1.82) is 0 Å². The van der Waals surface area contributed by atoms with E-state index in [0.29, 0.717) is 12.8 Å². The summed E-state index contributed by atoms with van der Waals surface area (Å²) < 4.78 is 10.4. The zero-order valence-electron chi connectivity index (χ0n) is 15.5. The van der Waals surface area contributed by atoms with Crippen LogP contribution < -0.4 is 0 Å². The molecule has 0 rings (SSSR count). The van der Waals surface area contributed by atoms with Gasteiger partial charge < -0.3 is 19.7 Å². The predicted octanol–water partition coefficient (Wildman–Crippen LogP) is 4.19. The highest BCUT2D eigenvalue weighted by molar-refractivity contribution is 5.60. The summed E-state index contributed by atoms with van der Waals surface area (Å²) in [7, 11) is 0. The van der Waals surface area contributed by atoms with Crippen LogP contribution in [0, 0.1) is 0 Å². The average Bonchev–Trinajstić information content (AvgIpc) is 2.45. The van der Waals surface area contributed by atoms with Crippen molar-refractivity contribution in [3.8, 4) is 0 Å². The van der Waals surface area contributed by atoms with Gasteiger partial charge in [-0.2, -0.15) is 0 Å². The van der Waals surface area contributed by atoms with Gasteiger partial charge >= 0.3 is 6.16 Å². The molecular formula is C18H36O5. The molecule has 0 aromatic rings. The third-order valence-corrected chi connectivity index (χ3v) is 4.02. The molecule has 2 N–H and O–H groups in total. The first-order valence-corrected chi connectivity index (χ1v) is 9.00. The maximum atomic E-state index is 11.9. The number of unbranched alkanes of at least 4 members (excludes halogenated alkanes) is 4. The molecule has 0 aliphatic carbocycles. The summed E-state index contributed by atoms with van der Waals surface area (Å²) in [5.41, 5.74) is -1.12. The predicted molar refractivity (Wildman–Crippen MR) is 91.4 cm³/mol. The Kier molecular flexibility index (Phi) is 11.3. The summed E-state index contributed by atoms with van der Waals surface area (Å²) in [6.45, 7) is 9.10. The van der Waals surface area contributed by atoms with Crippen molar-refractivity contribution in [2.45, 2.75) is 110 Å². The van der Waals surface area contributed by atoms with E-state index in [4.69, 9.17) is 9.47 Å². The molecule has 0 saturated heterocycles. The molecule has 0 spiro atoms. The van der Waals surface area contributed by atoms with Crippen LogP contribution >= 0.6 is 0 Å². The molecule has 0 amide bonds. The molecule has 0 saturated carbocycles. The molecule has 0 aliphatic heterocycles. The van der Waals surface area contributed by atoms with Crippen molar-refractivity contribution in [1.82, 2.24) is 0 Å². The molecule has 0 radical (unpaired) electrons. The van der Waals surface area contributed by atoms with Crippen LogP contribution in [-0.2, 0) is 9.47 Å². The van der Waals surface area contributed by atoms with Crippen LogP contribution in [0.5, 0.6) is 0 Å². The second-order valence-electron chi connectivity index (χ2n) is 6.89. The monoisotopic (exact) mass is 332 g/mol. The lowest BCUT2D eigenvalue weighted by Crippen LogP contribution is -2.41. The van der Waals surface area contributed by atoms with E-state index in [1.54, 1.807) is 20.8 Å². The van der Waals surface area contributed by atoms with Gasteiger partial charge in [0.1, 0.15) is 12.2 Å². The molecule has 5 heteroatoms. The van der Waals surface area contributed by atoms with E-state index in [-0.39, 0.29) is 0 Å². The Hall–Kier alpha value is -0.810. The SMILES string of the molecule is CCCCCC(O)C(C)OC(=O)O[C@H](CCCCC)C(C)(C)O. The number of hydrogen-bond acceptors (Lipinski definition) is 5. The highest BCUT2D eigenvalue weighted by Gasteiger charge is 2.31. The molecule has 23 heavy (non-hydrogen) atoms. The fourth-order valence-electron chi connectivity index (χ4n) is 2.35. The topological polar surface area (TPSA) is 76.0 Å². The van der Waals surface area contributed by atoms with Crippen molar-refractivity contribution in [2.24, 2.45) is 0 Å². The Bertz CT molecular complexity index is 311. The molecule has 2 unspecified atom stereocenters. The highest BCUT2D eigenvalue weighted by Crippen LogP contribution is 2.20. The lowest BCUT2D eigenvalue weighted by Gasteiger charge is -2.29. The van der Waals surface area contributed by atoms with Gasteiger partial charge in [-0.05, 0) is 40.0 Å². The van der Waals surface area contributed by atoms with E-state index in [1.807, 2.05) is 0 Å². The Morgan fingerprint density at radius 2 is 1.52 bits per heavy atom. The van der Waals surface area contributed by atoms with Crippen molar-refractivity contribution < 1.29 is 24.5 Å². The number of carbonyl (C=O) groups excluding carboxylic acids is 1. The lowest BCUT2D eigenvalue weighted by molar-refractivity contribution is -0.0952. The van der Waals surface area contributed by atoms with Gasteiger partial charge in [0, 0.05) is 0 Å². The standard InChI is InChI=1S/C18H36O5/c1-6-8-10-12-15(19)14(3)22-17(20)23-16(18(4,5)21)13-11-9-7-2/h14-16,19,21H,6-13H2,1-5H3/t14?,15?,16-/m1/s1. The maximum Gasteiger partial charge on any atom is 0.509 e. The van der Waals surface area contributed by atoms with E-state index >= 15 is 0 Å². The van der Waals surface area contributed by atoms with E-state index < -0.39 is 30.1 Å². The smallest absolute Gasteiger partial charge is 0.429 e. The first kappa shape index (κ1) is 22.2. The van der Waals surface area contributed by atoms with Crippen LogP contribution in [-0.4, -0.2) is 40.3 Å². The summed E-state index contributed by atoms with van der Waals surface area (Å²) in [6, 6.07) is 0. The van der Waals surface area contributed by atoms with Gasteiger partial charge in [0.2, 0.25) is 0 Å². The minimum absolute atomic E-state index is 0.597. The summed E-state index contributed by atoms with van der Waals surface area (Å²) in [4.78, 5) is 11.9. The molecule has 0 aromatic carbocycles. The Morgan fingerprint density at radius 3 is 2.00 bits per heavy atom. The third-order valence-electron chi connectivity index (χ3n) is 4.02. The number of aliphatic hydroxyl groups excluding tert-OH is 1. The molecule has 138 valence electrons. The summed E-state index contributed by atoms with van der Waals surface area (Å²) >= 11 is 0. The van der Waals surface area contributed by atoms with Crippen LogP contribution in [0.1, 0.15) is 86.0 Å². The molecule has 3 atom stereocenters. The van der Waals surface area contributed by atoms with Crippen LogP contribution in [0.15, 0.2) is 0 Å². The number of aliphatic hydroxyl groups is 2. The largest absolute Gasteiger partial charge is 0.509 e. The van der Waals surface area contributed by atoms with Crippen molar-refractivity contribution >= 4 is 6.16 Å². The zero-order valence-corrected chi connectivity index (χ0v) is 15.5. The molecule has 0 bridgehead atoms. The van der Waals surface area contributed by atoms with E-state index in [1.165, 1.54) is 0 Å². The fraction of sp³-hybridized carbons (Fsp3) is 0.944. The fourth-order valence-corrected chi connectivity index (χ4v) is 2.35. The van der Waals surface area contributed by atoms with Crippen LogP contribution in [0.3, 0.4) is 0 Å². The van der Waals surface area contributed by atoms with Crippen LogP contribution in [0.2, 0.25) is 0 Å². The molecule has 5 nitrogen and oxygen atoms in total. The summed E-state index contributed by atoms with van der Waals surface area (Å²) in [6.07, 6.45) is 4.47. The van der Waals surface area contributed by atoms with Gasteiger partial charge in [-0.15, -0.1) is 0 Å². The number of rotatable bonds is 12. The van der Waals surface area contributed by atoms with Gasteiger partial charge in [0.25, 0.3) is 0 Å². The minimum Gasteiger partial charge on any atom is -0.429 e. The Morgan fingerprint density at radius 1 is 1.00 bits per heavy atom. The van der Waals surface area contributed by atoms with E-state index in [2.05, 4.69) is 13.8 Å². The molecule has 0 aliphatic rings. The molecular weight excluding hydrogens is 296 g/mol. The lowest BCUT2D eigenvalue weighted by atomic mass is 9.96. The van der Waals surface area contributed by atoms with E-state index in [0.717, 1.165) is 38.5 Å². The normalized spacial score (nSPS) is 15.8. The Labute approximate surface area is 141 Å². The third kappa shape index (κ3) is 10.6. The molecule has 0 heterocycles. The first-order chi connectivity index (χ1) is 10.7. The second kappa shape index (κ2) is 11.7. The number of carbonyl (C=O) groups is 1. The molecule has 0 aromatic heterocycles. The van der Waals surface area contributed by atoms with Crippen LogP contribution in [0.25, 0.3) is 0 Å². The summed E-state index contributed by atoms with van der Waals surface area (Å²) in [5, 5.41) is 20.1. The van der Waals surface area contributed by atoms with Gasteiger partial charge in [-0.1, -0.05) is 46.0 Å². The quantitative estimate of drug-likeness (QED) is 0.414. The molecule has 0 fully saturated rings. The first-order valence-electron chi connectivity index (χ1n) is 9.00. The number of ether oxygens (including phenoxy) is 2. The van der Waals surface area contributed by atoms with Crippen LogP contribution in [0.4, 0.5) is 4.79 Å². The van der Waals surface area contributed by atoms with Crippen molar-refractivity contribution in [3.05, 3.63) is 0 Å². The Balaban J connectivity index is 4.34. The minimum atomic E-state index is -1.12. The zero-order chi connectivity index (χ0) is 17.9. The highest BCUT2D eigenvalue weighted by atomic mass is 16.7. The van der Waals surface area contributed by atoms with Gasteiger partial charge in [-0.25, -0.2) is 4.79 Å². The second-order valence-corrected chi connectivity index (χ2v) is 6.89. The van der Waals surface area contributed by atoms with Gasteiger partial charge in [0.05, 0.1) is 11.7 Å². The van der Waals surface area contributed by atoms with Gasteiger partial charge in [-0.3, -0.25) is 0 Å². The van der Waals surface area contributed by atoms with Gasteiger partial charge in [0.15, 0.2) is 0 Å². The average molecular weight is 332 g/mol.